The first-order chi connectivity index (χ1) is 21.7. The molecule has 1 amide bonds. The van der Waals surface area contributed by atoms with E-state index >= 15 is 0 Å². The molecule has 0 bridgehead atoms. The zero-order valence-corrected chi connectivity index (χ0v) is 32.0. The zero-order valence-electron chi connectivity index (χ0n) is 32.0. The van der Waals surface area contributed by atoms with E-state index in [0.29, 0.717) is 17.7 Å². The Morgan fingerprint density at radius 3 is 1.67 bits per heavy atom. The number of unbranched alkanes of at least 4 members (excludes halogenated alkanes) is 2. The van der Waals surface area contributed by atoms with E-state index in [0.717, 1.165) is 24.2 Å². The molecule has 0 aliphatic rings. The normalized spacial score (nSPS) is 9.29. The van der Waals surface area contributed by atoms with E-state index in [1.54, 1.807) is 19.1 Å². The summed E-state index contributed by atoms with van der Waals surface area (Å²) in [6.45, 7) is 26.4. The lowest BCUT2D eigenvalue weighted by molar-refractivity contribution is -0.115. The molecule has 0 heterocycles. The Morgan fingerprint density at radius 2 is 1.31 bits per heavy atom. The van der Waals surface area contributed by atoms with Gasteiger partial charge in [-0.15, -0.1) is 0 Å². The Morgan fingerprint density at radius 1 is 0.778 bits per heavy atom. The van der Waals surface area contributed by atoms with Gasteiger partial charge in [0.15, 0.2) is 0 Å². The molecule has 0 saturated heterocycles. The molecular weight excluding hydrogens is 558 g/mol. The van der Waals surface area contributed by atoms with Crippen molar-refractivity contribution in [2.75, 3.05) is 12.4 Å². The highest BCUT2D eigenvalue weighted by Crippen LogP contribution is 2.21. The van der Waals surface area contributed by atoms with Crippen molar-refractivity contribution in [1.29, 1.82) is 0 Å². The molecule has 5 heteroatoms. The maximum absolute atomic E-state index is 11.5. The van der Waals surface area contributed by atoms with Crippen molar-refractivity contribution in [3.8, 4) is 0 Å². The summed E-state index contributed by atoms with van der Waals surface area (Å²) in [6, 6.07) is 15.7. The Bertz CT molecular complexity index is 879. The molecule has 0 spiro atoms. The van der Waals surface area contributed by atoms with Gasteiger partial charge in [-0.3, -0.25) is 4.79 Å². The fourth-order valence-electron chi connectivity index (χ4n) is 3.51. The van der Waals surface area contributed by atoms with E-state index in [4.69, 9.17) is 4.79 Å². The standard InChI is InChI=1S/C12H15NO3.C10H22.C8H10.C4H10.C2H4O.2C2H6/c1-4-10(14)13-11-8(2)6-5-7-9(11)12(15)16-3;1-4-7-9-10(6-3)8-5-2;1-2-8-6-4-3-5-7-8;1-3-4-2;1-2-3;2*1-2/h5-7H,4H2,1-3H3,(H,13,14);10H,4-9H2,1-3H3;3-7H,2H2,1H3;3-4H2,1-2H3;2H,1H3;2*1-2H3. The van der Waals surface area contributed by atoms with E-state index in [2.05, 4.69) is 75.9 Å². The number of anilines is 1. The molecule has 1 N–H and O–H groups in total. The summed E-state index contributed by atoms with van der Waals surface area (Å²) >= 11 is 0. The molecule has 1 unspecified atom stereocenters. The van der Waals surface area contributed by atoms with Crippen molar-refractivity contribution >= 4 is 23.9 Å². The lowest BCUT2D eigenvalue weighted by Crippen LogP contribution is -2.15. The van der Waals surface area contributed by atoms with Gasteiger partial charge in [-0.05, 0) is 43.4 Å². The van der Waals surface area contributed by atoms with Crippen LogP contribution in [-0.2, 0) is 20.7 Å². The highest BCUT2D eigenvalue weighted by Gasteiger charge is 2.14. The molecule has 0 radical (unpaired) electrons. The van der Waals surface area contributed by atoms with Gasteiger partial charge in [0.2, 0.25) is 5.91 Å². The first-order valence-corrected chi connectivity index (χ1v) is 17.6. The molecule has 262 valence electrons. The molecule has 5 nitrogen and oxygen atoms in total. The number of carbonyl (C=O) groups excluding carboxylic acids is 3. The Balaban J connectivity index is -0.000000159. The minimum absolute atomic E-state index is 0.126. The van der Waals surface area contributed by atoms with Crippen LogP contribution in [0.5, 0.6) is 0 Å². The number of benzene rings is 2. The van der Waals surface area contributed by atoms with Crippen LogP contribution in [0.25, 0.3) is 0 Å². The van der Waals surface area contributed by atoms with Gasteiger partial charge in [-0.2, -0.15) is 0 Å². The number of methoxy groups -OCH3 is 1. The summed E-state index contributed by atoms with van der Waals surface area (Å²) in [4.78, 5) is 31.6. The van der Waals surface area contributed by atoms with Crippen LogP contribution in [0, 0.1) is 12.8 Å². The van der Waals surface area contributed by atoms with Gasteiger partial charge >= 0.3 is 5.97 Å². The van der Waals surface area contributed by atoms with Crippen LogP contribution in [0.15, 0.2) is 48.5 Å². The van der Waals surface area contributed by atoms with Crippen LogP contribution in [0.4, 0.5) is 5.69 Å². The van der Waals surface area contributed by atoms with Gasteiger partial charge in [-0.25, -0.2) is 4.79 Å². The van der Waals surface area contributed by atoms with Crippen LogP contribution >= 0.6 is 0 Å². The number of aryl methyl sites for hydroxylation is 2. The minimum Gasteiger partial charge on any atom is -0.465 e. The van der Waals surface area contributed by atoms with Crippen LogP contribution in [-0.4, -0.2) is 25.3 Å². The topological polar surface area (TPSA) is 72.5 Å². The molecule has 0 saturated carbocycles. The predicted molar refractivity (Wildman–Crippen MR) is 200 cm³/mol. The van der Waals surface area contributed by atoms with Crippen LogP contribution in [0.3, 0.4) is 0 Å². The SMILES string of the molecule is CC.CC.CC=O.CCC(=O)Nc1c(C)cccc1C(=O)OC.CCCC.CCCCC(CC)CCC.CCc1ccccc1. The van der Waals surface area contributed by atoms with Crippen molar-refractivity contribution < 1.29 is 19.1 Å². The Hall–Kier alpha value is -2.95. The maximum Gasteiger partial charge on any atom is 0.339 e. The van der Waals surface area contributed by atoms with Gasteiger partial charge in [-0.1, -0.05) is 170 Å². The monoisotopic (exact) mass is 632 g/mol. The van der Waals surface area contributed by atoms with Crippen molar-refractivity contribution in [2.45, 2.75) is 154 Å². The number of aldehydes is 1. The number of nitrogens with one attached hydrogen (secondary N) is 1. The van der Waals surface area contributed by atoms with Crippen LogP contribution in [0.2, 0.25) is 0 Å². The fourth-order valence-corrected chi connectivity index (χ4v) is 3.51. The number of hydrogen-bond acceptors (Lipinski definition) is 4. The molecule has 45 heavy (non-hydrogen) atoms. The lowest BCUT2D eigenvalue weighted by Gasteiger charge is -2.11. The van der Waals surface area contributed by atoms with Crippen LogP contribution < -0.4 is 5.32 Å². The van der Waals surface area contributed by atoms with Gasteiger partial charge < -0.3 is 14.8 Å². The number of esters is 1. The molecule has 0 aliphatic carbocycles. The van der Waals surface area contributed by atoms with Gasteiger partial charge in [0, 0.05) is 6.42 Å². The number of rotatable bonds is 11. The number of ether oxygens (including phenoxy) is 1. The smallest absolute Gasteiger partial charge is 0.339 e. The quantitative estimate of drug-likeness (QED) is 0.198. The van der Waals surface area contributed by atoms with Gasteiger partial charge in [0.05, 0.1) is 18.4 Å². The second-order valence-corrected chi connectivity index (χ2v) is 9.67. The summed E-state index contributed by atoms with van der Waals surface area (Å²) in [6.07, 6.45) is 13.3. The highest BCUT2D eigenvalue weighted by atomic mass is 16.5. The molecule has 0 fully saturated rings. The molecule has 2 aromatic carbocycles. The first-order valence-electron chi connectivity index (χ1n) is 17.6. The lowest BCUT2D eigenvalue weighted by atomic mass is 9.95. The van der Waals surface area contributed by atoms with Crippen molar-refractivity contribution in [2.24, 2.45) is 5.92 Å². The number of carbonyl (C=O) groups is 3. The summed E-state index contributed by atoms with van der Waals surface area (Å²) in [5.41, 5.74) is 3.16. The maximum atomic E-state index is 11.5. The minimum atomic E-state index is -0.449. The largest absolute Gasteiger partial charge is 0.465 e. The second-order valence-electron chi connectivity index (χ2n) is 9.67. The molecule has 2 rings (SSSR count). The first kappa shape index (κ1) is 51.6. The molecule has 0 aromatic heterocycles. The third kappa shape index (κ3) is 33.8. The van der Waals surface area contributed by atoms with E-state index in [1.165, 1.54) is 71.0 Å². The van der Waals surface area contributed by atoms with Crippen molar-refractivity contribution in [3.05, 3.63) is 65.2 Å². The average molecular weight is 632 g/mol. The third-order valence-electron chi connectivity index (χ3n) is 6.25. The Labute approximate surface area is 280 Å². The molecule has 2 aromatic rings. The van der Waals surface area contributed by atoms with Crippen molar-refractivity contribution in [3.63, 3.8) is 0 Å². The van der Waals surface area contributed by atoms with E-state index in [9.17, 15) is 9.59 Å². The highest BCUT2D eigenvalue weighted by molar-refractivity contribution is 6.02. The molecule has 1 atom stereocenters. The van der Waals surface area contributed by atoms with Crippen molar-refractivity contribution in [1.82, 2.24) is 0 Å². The van der Waals surface area contributed by atoms with Gasteiger partial charge in [0.1, 0.15) is 6.29 Å². The second kappa shape index (κ2) is 43.2. The number of hydrogen-bond donors (Lipinski definition) is 1. The zero-order chi connectivity index (χ0) is 35.9. The molecular formula is C40H73NO4. The summed E-state index contributed by atoms with van der Waals surface area (Å²) in [5, 5.41) is 2.70. The predicted octanol–water partition coefficient (Wildman–Crippen LogP) is 12.4. The summed E-state index contributed by atoms with van der Waals surface area (Å²) in [5.74, 6) is 0.444. The number of para-hydroxylation sites is 1. The average Bonchev–Trinajstić information content (AvgIpc) is 3.10. The Kier molecular flexibility index (Phi) is 49.5. The number of amides is 1. The fraction of sp³-hybridized carbons (Fsp3) is 0.625. The summed E-state index contributed by atoms with van der Waals surface area (Å²) < 4.78 is 4.66. The van der Waals surface area contributed by atoms with E-state index in [-0.39, 0.29) is 5.91 Å². The van der Waals surface area contributed by atoms with Gasteiger partial charge in [0.25, 0.3) is 0 Å². The van der Waals surface area contributed by atoms with Crippen LogP contribution in [0.1, 0.15) is 162 Å². The third-order valence-corrected chi connectivity index (χ3v) is 6.25. The van der Waals surface area contributed by atoms with E-state index < -0.39 is 5.97 Å². The molecule has 0 aliphatic heterocycles. The van der Waals surface area contributed by atoms with E-state index in [1.807, 2.05) is 46.8 Å². The summed E-state index contributed by atoms with van der Waals surface area (Å²) in [7, 11) is 1.32.